The lowest BCUT2D eigenvalue weighted by molar-refractivity contribution is -0.142. The summed E-state index contributed by atoms with van der Waals surface area (Å²) in [5.41, 5.74) is 8.40. The summed E-state index contributed by atoms with van der Waals surface area (Å²) in [6.45, 7) is 9.31. The number of likely N-dealkylation sites (N-methyl/N-ethyl adjacent to an activating group) is 1. The predicted molar refractivity (Wildman–Crippen MR) is 279 cm³/mol. The highest BCUT2D eigenvalue weighted by Gasteiger charge is 2.39. The van der Waals surface area contributed by atoms with E-state index in [2.05, 4.69) is 36.3 Å². The second kappa shape index (κ2) is 25.2. The number of nitrogens with zero attached hydrogens (tertiary/aromatic N) is 2. The number of aryl methyl sites for hydroxylation is 1. The Morgan fingerprint density at radius 3 is 1.79 bits per heavy atom. The maximum atomic E-state index is 14.7. The predicted octanol–water partition coefficient (Wildman–Crippen LogP) is 4.29. The molecule has 5 aromatic rings. The van der Waals surface area contributed by atoms with Crippen LogP contribution in [0, 0.1) is 12.8 Å². The first-order valence-corrected chi connectivity index (χ1v) is 26.0. The van der Waals surface area contributed by atoms with Crippen molar-refractivity contribution in [2.75, 3.05) is 19.6 Å². The number of carbonyl (C=O) groups is 6. The van der Waals surface area contributed by atoms with Gasteiger partial charge in [-0.1, -0.05) is 116 Å². The monoisotopic (exact) mass is 1000 g/mol. The first-order chi connectivity index (χ1) is 34.4. The minimum absolute atomic E-state index is 0.00323. The molecule has 1 saturated heterocycles. The summed E-state index contributed by atoms with van der Waals surface area (Å²) in [4.78, 5) is 89.3. The van der Waals surface area contributed by atoms with Crippen LogP contribution in [0.3, 0.4) is 0 Å². The third-order valence-corrected chi connectivity index (χ3v) is 13.9. The van der Waals surface area contributed by atoms with Crippen molar-refractivity contribution < 1.29 is 37.2 Å². The molecule has 1 aliphatic rings. The number of rotatable bonds is 22. The van der Waals surface area contributed by atoms with E-state index in [0.29, 0.717) is 19.4 Å². The largest absolute Gasteiger partial charge is 0.369 e. The summed E-state index contributed by atoms with van der Waals surface area (Å²) in [7, 11) is -4.02. The van der Waals surface area contributed by atoms with Crippen molar-refractivity contribution in [3.63, 3.8) is 0 Å². The van der Waals surface area contributed by atoms with E-state index in [4.69, 9.17) is 5.73 Å². The molecule has 382 valence electrons. The quantitative estimate of drug-likeness (QED) is 0.0296. The molecule has 0 aromatic heterocycles. The summed E-state index contributed by atoms with van der Waals surface area (Å²) in [6, 6.07) is 27.8. The Morgan fingerprint density at radius 2 is 1.24 bits per heavy atom. The molecule has 0 saturated carbocycles. The van der Waals surface area contributed by atoms with E-state index in [-0.39, 0.29) is 67.9 Å². The maximum absolute atomic E-state index is 14.7. The first-order valence-electron chi connectivity index (χ1n) is 24.5. The molecular formula is C54H67N9O8S. The highest BCUT2D eigenvalue weighted by molar-refractivity contribution is 7.90. The molecule has 17 nitrogen and oxygen atoms in total. The summed E-state index contributed by atoms with van der Waals surface area (Å²) < 4.78 is 28.1. The molecule has 1 fully saturated rings. The van der Waals surface area contributed by atoms with Crippen LogP contribution in [-0.4, -0.2) is 105 Å². The van der Waals surface area contributed by atoms with Gasteiger partial charge in [-0.05, 0) is 96.7 Å². The van der Waals surface area contributed by atoms with Gasteiger partial charge in [-0.2, -0.15) is 0 Å². The number of hydrogen-bond acceptors (Lipinski definition) is 9. The van der Waals surface area contributed by atoms with Gasteiger partial charge >= 0.3 is 0 Å². The van der Waals surface area contributed by atoms with Crippen molar-refractivity contribution in [3.8, 4) is 0 Å². The molecule has 1 aliphatic heterocycles. The van der Waals surface area contributed by atoms with Gasteiger partial charge in [0.15, 0.2) is 0 Å². The van der Waals surface area contributed by atoms with Crippen LogP contribution in [0.4, 0.5) is 0 Å². The third kappa shape index (κ3) is 15.1. The number of carbonyl (C=O) groups excluding carboxylic acids is 6. The third-order valence-electron chi connectivity index (χ3n) is 12.5. The van der Waals surface area contributed by atoms with Gasteiger partial charge in [0.2, 0.25) is 41.4 Å². The second-order valence-corrected chi connectivity index (χ2v) is 20.4. The number of hydrogen-bond donors (Lipinski definition) is 7. The van der Waals surface area contributed by atoms with Gasteiger partial charge in [0.05, 0.1) is 4.90 Å². The molecule has 0 bridgehead atoms. The van der Waals surface area contributed by atoms with Gasteiger partial charge in [0.1, 0.15) is 30.2 Å². The van der Waals surface area contributed by atoms with E-state index in [1.807, 2.05) is 106 Å². The first kappa shape index (κ1) is 54.0. The average molecular weight is 1000 g/mol. The number of guanidine groups is 1. The number of fused-ring (bicyclic) bond motifs is 2. The number of likely N-dealkylation sites (tertiary alicyclic amines) is 1. The zero-order valence-electron chi connectivity index (χ0n) is 41.6. The smallest absolute Gasteiger partial charge is 0.264 e. The molecular weight excluding hydrogens is 935 g/mol. The molecule has 6 rings (SSSR count). The van der Waals surface area contributed by atoms with Crippen LogP contribution < -0.4 is 37.0 Å². The van der Waals surface area contributed by atoms with E-state index < -0.39 is 69.8 Å². The van der Waals surface area contributed by atoms with Crippen LogP contribution in [0.15, 0.2) is 119 Å². The van der Waals surface area contributed by atoms with Gasteiger partial charge in [-0.3, -0.25) is 33.8 Å². The Balaban J connectivity index is 1.24. The molecule has 8 N–H and O–H groups in total. The van der Waals surface area contributed by atoms with Crippen molar-refractivity contribution in [2.24, 2.45) is 16.6 Å². The summed E-state index contributed by atoms with van der Waals surface area (Å²) in [5.74, 6) is -3.67. The topological polar surface area (TPSA) is 250 Å². The number of aliphatic imine (C=N–C) groups is 1. The lowest BCUT2D eigenvalue weighted by Crippen LogP contribution is -2.59. The molecule has 5 aromatic carbocycles. The maximum Gasteiger partial charge on any atom is 0.264 e. The van der Waals surface area contributed by atoms with Crippen molar-refractivity contribution >= 4 is 73.0 Å². The van der Waals surface area contributed by atoms with Crippen LogP contribution >= 0.6 is 0 Å². The van der Waals surface area contributed by atoms with Crippen molar-refractivity contribution in [2.45, 2.75) is 115 Å². The highest BCUT2D eigenvalue weighted by Crippen LogP contribution is 2.22. The van der Waals surface area contributed by atoms with E-state index in [9.17, 15) is 37.2 Å². The molecule has 72 heavy (non-hydrogen) atoms. The lowest BCUT2D eigenvalue weighted by atomic mass is 9.98. The molecule has 5 atom stereocenters. The lowest BCUT2D eigenvalue weighted by Gasteiger charge is -2.30. The number of sulfonamides is 1. The molecule has 1 heterocycles. The molecule has 18 heteroatoms. The van der Waals surface area contributed by atoms with Gasteiger partial charge < -0.3 is 37.2 Å². The van der Waals surface area contributed by atoms with E-state index >= 15 is 0 Å². The Morgan fingerprint density at radius 1 is 0.708 bits per heavy atom. The molecule has 6 amide bonds. The normalized spacial score (nSPS) is 15.6. The van der Waals surface area contributed by atoms with Gasteiger partial charge in [0.25, 0.3) is 10.0 Å². The zero-order chi connectivity index (χ0) is 52.0. The van der Waals surface area contributed by atoms with E-state index in [1.54, 1.807) is 19.1 Å². The minimum atomic E-state index is -4.02. The summed E-state index contributed by atoms with van der Waals surface area (Å²) in [5, 5.41) is 18.1. The second-order valence-electron chi connectivity index (χ2n) is 18.7. The van der Waals surface area contributed by atoms with Crippen molar-refractivity contribution in [1.82, 2.24) is 36.2 Å². The molecule has 0 radical (unpaired) electrons. The van der Waals surface area contributed by atoms with E-state index in [1.165, 1.54) is 24.0 Å². The number of benzene rings is 5. The van der Waals surface area contributed by atoms with Crippen LogP contribution in [0.1, 0.15) is 76.5 Å². The van der Waals surface area contributed by atoms with Gasteiger partial charge in [-0.25, -0.2) is 13.1 Å². The molecule has 0 spiro atoms. The summed E-state index contributed by atoms with van der Waals surface area (Å²) in [6.07, 6.45) is 1.50. The van der Waals surface area contributed by atoms with Crippen LogP contribution in [0.5, 0.6) is 0 Å². The van der Waals surface area contributed by atoms with Crippen molar-refractivity contribution in [3.05, 3.63) is 126 Å². The fourth-order valence-electron chi connectivity index (χ4n) is 8.88. The van der Waals surface area contributed by atoms with Gasteiger partial charge in [0, 0.05) is 39.4 Å². The SMILES string of the molecule is CCNC(=O)[C@@H]1CCCN1C(=O)[C@H](CCCN=C(N)NS(=O)(=O)c1ccc(C)cc1)NC(=O)[C@H](CC(C)C)NC(=O)[C@@H](Cc1ccc2ccccc2c1)NC(=O)[C@@H](Cc1ccc2ccccc2c1)NC(C)=O. The minimum Gasteiger partial charge on any atom is -0.369 e. The Bertz CT molecular complexity index is 2890. The molecule has 0 unspecified atom stereocenters. The Labute approximate surface area is 421 Å². The van der Waals surface area contributed by atoms with Crippen LogP contribution in [0.25, 0.3) is 21.5 Å². The Hall–Kier alpha value is -7.34. The number of nitrogens with one attached hydrogen (secondary N) is 6. The molecule has 0 aliphatic carbocycles. The fourth-order valence-corrected chi connectivity index (χ4v) is 9.83. The van der Waals surface area contributed by atoms with Crippen LogP contribution in [0.2, 0.25) is 0 Å². The summed E-state index contributed by atoms with van der Waals surface area (Å²) >= 11 is 0. The van der Waals surface area contributed by atoms with Gasteiger partial charge in [-0.15, -0.1) is 0 Å². The zero-order valence-corrected chi connectivity index (χ0v) is 42.4. The average Bonchev–Trinajstić information content (AvgIpc) is 3.84. The van der Waals surface area contributed by atoms with Crippen molar-refractivity contribution in [1.29, 1.82) is 0 Å². The number of nitrogens with two attached hydrogens (primary N) is 1. The van der Waals surface area contributed by atoms with E-state index in [0.717, 1.165) is 38.2 Å². The Kier molecular flexibility index (Phi) is 18.9. The highest BCUT2D eigenvalue weighted by atomic mass is 32.2. The van der Waals surface area contributed by atoms with Crippen LogP contribution in [-0.2, 0) is 51.6 Å². The number of amides is 6. The fraction of sp³-hybridized carbons (Fsp3) is 0.389. The standard InChI is InChI=1S/C54H67N9O8S/c1-6-56-52(68)48-18-12-28-63(48)53(69)44(17-11-27-57-54(55)62-72(70,71)43-25-19-35(4)20-26-43)59-49(65)45(29-34(2)3)60-51(67)47(33-38-22-24-40-14-8-10-16-42(40)31-38)61-50(66)46(58-36(5)64)32-37-21-23-39-13-7-9-15-41(39)30-37/h7-10,13-16,19-26,30-31,34,44-48H,6,11-12,17-18,27-29,32-33H2,1-5H3,(H,56,68)(H,58,64)(H,59,65)(H,60,67)(H,61,66)(H3,55,57,62)/t44-,45-,46+,47+,48-/m0/s1.